The highest BCUT2D eigenvalue weighted by Crippen LogP contribution is 2.74. The van der Waals surface area contributed by atoms with Gasteiger partial charge in [0.2, 0.25) is 0 Å². The van der Waals surface area contributed by atoms with Gasteiger partial charge in [0.05, 0.1) is 18.3 Å². The van der Waals surface area contributed by atoms with Crippen molar-refractivity contribution in [2.45, 2.75) is 89.8 Å². The fourth-order valence-corrected chi connectivity index (χ4v) is 9.04. The summed E-state index contributed by atoms with van der Waals surface area (Å²) in [7, 11) is 0. The van der Waals surface area contributed by atoms with Gasteiger partial charge >= 0.3 is 0 Å². The summed E-state index contributed by atoms with van der Waals surface area (Å²) in [5.74, 6) is 3.85. The Morgan fingerprint density at radius 3 is 2.71 bits per heavy atom. The monoisotopic (exact) mass is 332 g/mol. The van der Waals surface area contributed by atoms with E-state index in [9.17, 15) is 5.11 Å². The van der Waals surface area contributed by atoms with Gasteiger partial charge in [-0.15, -0.1) is 0 Å². The minimum Gasteiger partial charge on any atom is -0.393 e. The maximum absolute atomic E-state index is 10.2. The first-order valence-corrected chi connectivity index (χ1v) is 10.5. The van der Waals surface area contributed by atoms with E-state index in [-0.39, 0.29) is 12.4 Å². The predicted molar refractivity (Wildman–Crippen MR) is 90.1 cm³/mol. The van der Waals surface area contributed by atoms with Crippen molar-refractivity contribution < 1.29 is 14.6 Å². The van der Waals surface area contributed by atoms with Crippen LogP contribution in [0.25, 0.3) is 0 Å². The van der Waals surface area contributed by atoms with Crippen molar-refractivity contribution in [3.63, 3.8) is 0 Å². The molecule has 3 nitrogen and oxygen atoms in total. The van der Waals surface area contributed by atoms with Crippen LogP contribution in [0.5, 0.6) is 0 Å². The van der Waals surface area contributed by atoms with Gasteiger partial charge in [-0.05, 0) is 93.3 Å². The summed E-state index contributed by atoms with van der Waals surface area (Å²) in [6.45, 7) is 4.83. The highest BCUT2D eigenvalue weighted by Gasteiger charge is 2.74. The molecule has 2 heterocycles. The number of aliphatic hydroxyl groups is 1. The Morgan fingerprint density at radius 1 is 1.00 bits per heavy atom. The highest BCUT2D eigenvalue weighted by atomic mass is 16.7. The van der Waals surface area contributed by atoms with Crippen molar-refractivity contribution in [1.82, 2.24) is 0 Å². The molecule has 0 aromatic rings. The van der Waals surface area contributed by atoms with Crippen molar-refractivity contribution in [2.75, 3.05) is 0 Å². The van der Waals surface area contributed by atoms with Crippen LogP contribution in [-0.4, -0.2) is 29.7 Å². The van der Waals surface area contributed by atoms with Crippen LogP contribution in [0, 0.1) is 40.4 Å². The lowest BCUT2D eigenvalue weighted by Crippen LogP contribution is -2.57. The Bertz CT molecular complexity index is 563. The third kappa shape index (κ3) is 1.53. The lowest BCUT2D eigenvalue weighted by Gasteiger charge is -2.60. The molecular weight excluding hydrogens is 300 g/mol. The molecule has 6 aliphatic rings. The maximum Gasteiger partial charge on any atom is 0.164 e. The molecule has 0 aromatic carbocycles. The summed E-state index contributed by atoms with van der Waals surface area (Å²) in [5.41, 5.74) is 0.749. The van der Waals surface area contributed by atoms with Crippen molar-refractivity contribution in [3.05, 3.63) is 0 Å². The zero-order valence-electron chi connectivity index (χ0n) is 15.1. The maximum atomic E-state index is 10.2. The smallest absolute Gasteiger partial charge is 0.164 e. The largest absolute Gasteiger partial charge is 0.393 e. The zero-order valence-corrected chi connectivity index (χ0v) is 15.1. The Kier molecular flexibility index (Phi) is 2.86. The van der Waals surface area contributed by atoms with Crippen LogP contribution in [0.4, 0.5) is 0 Å². The van der Waals surface area contributed by atoms with Gasteiger partial charge in [-0.3, -0.25) is 0 Å². The first-order chi connectivity index (χ1) is 11.5. The van der Waals surface area contributed by atoms with E-state index in [1.807, 2.05) is 0 Å². The van der Waals surface area contributed by atoms with Crippen LogP contribution in [-0.2, 0) is 9.47 Å². The molecule has 4 saturated carbocycles. The van der Waals surface area contributed by atoms with Gasteiger partial charge in [0.25, 0.3) is 0 Å². The van der Waals surface area contributed by atoms with E-state index in [1.54, 1.807) is 0 Å². The summed E-state index contributed by atoms with van der Waals surface area (Å²) in [6.07, 6.45) is 10.8. The third-order valence-corrected chi connectivity index (χ3v) is 9.86. The van der Waals surface area contributed by atoms with E-state index in [2.05, 4.69) is 13.8 Å². The van der Waals surface area contributed by atoms with Gasteiger partial charge in [0, 0.05) is 5.41 Å². The Balaban J connectivity index is 1.41. The van der Waals surface area contributed by atoms with Gasteiger partial charge in [-0.2, -0.15) is 0 Å². The van der Waals surface area contributed by atoms with E-state index in [0.717, 1.165) is 30.6 Å². The molecule has 4 aliphatic carbocycles. The second-order valence-corrected chi connectivity index (χ2v) is 10.4. The minimum atomic E-state index is -0.0570. The third-order valence-electron chi connectivity index (χ3n) is 9.86. The second-order valence-electron chi connectivity index (χ2n) is 10.4. The summed E-state index contributed by atoms with van der Waals surface area (Å²) in [5, 5.41) is 10.2. The molecule has 11 atom stereocenters. The molecular formula is C21H32O3. The molecule has 2 bridgehead atoms. The van der Waals surface area contributed by atoms with Gasteiger partial charge < -0.3 is 14.6 Å². The lowest BCUT2D eigenvalue weighted by atomic mass is 9.44. The molecule has 24 heavy (non-hydrogen) atoms. The van der Waals surface area contributed by atoms with Crippen LogP contribution >= 0.6 is 0 Å². The number of rotatable bonds is 0. The second kappa shape index (κ2) is 4.58. The molecule has 0 aromatic heterocycles. The predicted octanol–water partition coefficient (Wildman–Crippen LogP) is 3.74. The van der Waals surface area contributed by atoms with Crippen molar-refractivity contribution >= 4 is 0 Å². The summed E-state index contributed by atoms with van der Waals surface area (Å²) >= 11 is 0. The van der Waals surface area contributed by atoms with Crippen molar-refractivity contribution in [2.24, 2.45) is 40.4 Å². The minimum absolute atomic E-state index is 0.0570. The average Bonchev–Trinajstić information content (AvgIpc) is 3.14. The molecule has 2 aliphatic heterocycles. The molecule has 3 heteroatoms. The quantitative estimate of drug-likeness (QED) is 0.734. The van der Waals surface area contributed by atoms with E-state index in [0.29, 0.717) is 34.9 Å². The highest BCUT2D eigenvalue weighted by molar-refractivity contribution is 5.19. The molecule has 134 valence electrons. The molecule has 2 saturated heterocycles. The average molecular weight is 332 g/mol. The van der Waals surface area contributed by atoms with Gasteiger partial charge in [0.1, 0.15) is 0 Å². The first kappa shape index (κ1) is 15.0. The zero-order chi connectivity index (χ0) is 16.3. The Labute approximate surface area is 145 Å². The SMILES string of the molecule is CC1OC2OC3C[C@@]24[C@@H]1CC[C@H]4[C@@H]1CCC2CC(O)CC[C@]2(C)[C@@H]31. The Hall–Kier alpha value is -0.120. The van der Waals surface area contributed by atoms with Crippen molar-refractivity contribution in [1.29, 1.82) is 0 Å². The molecule has 0 radical (unpaired) electrons. The number of hydrogen-bond acceptors (Lipinski definition) is 3. The van der Waals surface area contributed by atoms with Gasteiger partial charge in [-0.1, -0.05) is 6.92 Å². The fourth-order valence-electron chi connectivity index (χ4n) is 9.04. The van der Waals surface area contributed by atoms with Gasteiger partial charge in [0.15, 0.2) is 6.29 Å². The van der Waals surface area contributed by atoms with E-state index in [4.69, 9.17) is 9.47 Å². The van der Waals surface area contributed by atoms with E-state index < -0.39 is 0 Å². The number of ether oxygens (including phenoxy) is 2. The van der Waals surface area contributed by atoms with Crippen LogP contribution in [0.1, 0.15) is 65.2 Å². The summed E-state index contributed by atoms with van der Waals surface area (Å²) in [6, 6.07) is 0. The van der Waals surface area contributed by atoms with E-state index in [1.165, 1.54) is 38.5 Å². The van der Waals surface area contributed by atoms with Crippen LogP contribution in [0.3, 0.4) is 0 Å². The fraction of sp³-hybridized carbons (Fsp3) is 1.00. The lowest BCUT2D eigenvalue weighted by molar-refractivity contribution is -0.174. The van der Waals surface area contributed by atoms with Crippen molar-refractivity contribution in [3.8, 4) is 0 Å². The van der Waals surface area contributed by atoms with Gasteiger partial charge in [-0.25, -0.2) is 0 Å². The van der Waals surface area contributed by atoms with Crippen LogP contribution in [0.15, 0.2) is 0 Å². The van der Waals surface area contributed by atoms with Crippen LogP contribution < -0.4 is 0 Å². The molecule has 1 spiro atoms. The molecule has 5 unspecified atom stereocenters. The number of fused-ring (bicyclic) bond motifs is 6. The van der Waals surface area contributed by atoms with Crippen LogP contribution in [0.2, 0.25) is 0 Å². The summed E-state index contributed by atoms with van der Waals surface area (Å²) < 4.78 is 13.0. The molecule has 6 rings (SSSR count). The van der Waals surface area contributed by atoms with E-state index >= 15 is 0 Å². The Morgan fingerprint density at radius 2 is 1.83 bits per heavy atom. The molecule has 0 amide bonds. The topological polar surface area (TPSA) is 38.7 Å². The molecule has 1 N–H and O–H groups in total. The number of aliphatic hydroxyl groups excluding tert-OH is 1. The molecule has 6 fully saturated rings. The normalized spacial score (nSPS) is 66.9. The number of hydrogen-bond donors (Lipinski definition) is 1. The summed E-state index contributed by atoms with van der Waals surface area (Å²) in [4.78, 5) is 0. The standard InChI is InChI=1S/C21H32O3/c1-11-15-5-6-16-14-4-3-12-9-13(22)7-8-20(12,2)18(14)17-10-21(15,16)19(23-11)24-17/h11-19,22H,3-10H2,1-2H3/t11?,12?,13?,14-,15+,16-,17?,18+,19?,20-,21-/m0/s1. The first-order valence-electron chi connectivity index (χ1n) is 10.5.